The lowest BCUT2D eigenvalue weighted by Gasteiger charge is -2.13. The number of nitrogens with zero attached hydrogens (tertiary/aromatic N) is 4. The van der Waals surface area contributed by atoms with Crippen molar-refractivity contribution in [3.8, 4) is 28.2 Å². The number of rotatable bonds is 3. The predicted octanol–water partition coefficient (Wildman–Crippen LogP) is 13.0. The first-order valence-electron chi connectivity index (χ1n) is 17.9. The van der Waals surface area contributed by atoms with Crippen molar-refractivity contribution >= 4 is 91.7 Å². The van der Waals surface area contributed by atoms with Crippen LogP contribution in [0.3, 0.4) is 0 Å². The van der Waals surface area contributed by atoms with Crippen LogP contribution in [0.25, 0.3) is 109 Å². The Bertz CT molecular complexity index is 3460. The summed E-state index contributed by atoms with van der Waals surface area (Å²) in [6.45, 7) is 0. The monoisotopic (exact) mass is 692 g/mol. The summed E-state index contributed by atoms with van der Waals surface area (Å²) in [6, 6.07) is 61.3. The van der Waals surface area contributed by atoms with E-state index in [1.807, 2.05) is 11.3 Å². The summed E-state index contributed by atoms with van der Waals surface area (Å²) in [5.74, 6) is 0.829. The van der Waals surface area contributed by atoms with E-state index >= 15 is 0 Å². The first kappa shape index (κ1) is 28.8. The van der Waals surface area contributed by atoms with Gasteiger partial charge in [-0.3, -0.25) is 8.97 Å². The largest absolute Gasteiger partial charge is 0.279 e. The molecule has 53 heavy (non-hydrogen) atoms. The Morgan fingerprint density at radius 1 is 0.396 bits per heavy atom. The van der Waals surface area contributed by atoms with Crippen LogP contribution in [-0.2, 0) is 0 Å². The zero-order valence-corrected chi connectivity index (χ0v) is 29.2. The van der Waals surface area contributed by atoms with Gasteiger partial charge in [0.05, 0.1) is 27.6 Å². The first-order valence-corrected chi connectivity index (χ1v) is 18.7. The van der Waals surface area contributed by atoms with Gasteiger partial charge in [-0.15, -0.1) is 11.3 Å². The van der Waals surface area contributed by atoms with E-state index in [2.05, 4.69) is 179 Å². The molecule has 12 aromatic rings. The molecule has 0 aliphatic heterocycles. The zero-order chi connectivity index (χ0) is 34.6. The maximum atomic E-state index is 5.40. The molecule has 0 radical (unpaired) electrons. The highest BCUT2D eigenvalue weighted by atomic mass is 32.1. The molecular weight excluding hydrogens is 665 g/mol. The fraction of sp³-hybridized carbons (Fsp3) is 0. The summed E-state index contributed by atoms with van der Waals surface area (Å²) in [5.41, 5.74) is 10.9. The normalized spacial score (nSPS) is 12.2. The van der Waals surface area contributed by atoms with Gasteiger partial charge in [-0.25, -0.2) is 9.97 Å². The molecule has 0 spiro atoms. The Morgan fingerprint density at radius 2 is 1.02 bits per heavy atom. The smallest absolute Gasteiger partial charge is 0.221 e. The van der Waals surface area contributed by atoms with Crippen molar-refractivity contribution < 1.29 is 0 Å². The molecule has 0 unspecified atom stereocenters. The Morgan fingerprint density at radius 3 is 1.83 bits per heavy atom. The standard InChI is InChI=1S/C48H28N4S/c1-2-10-29(11-3-1)31-20-24-44-36(26-31)37-27-33(21-25-45(37)53-44)32-19-22-41-38(28-32)46-34-13-5-4-12-30(34)18-23-43(46)51(41)48-50-39-15-7-6-14-35(39)47-49-40-16-8-9-17-42(40)52(47)48/h1-28H. The van der Waals surface area contributed by atoms with Crippen LogP contribution in [-0.4, -0.2) is 18.9 Å². The number of para-hydroxylation sites is 3. The van der Waals surface area contributed by atoms with Gasteiger partial charge in [0.2, 0.25) is 5.95 Å². The molecule has 246 valence electrons. The number of thiophene rings is 1. The van der Waals surface area contributed by atoms with Crippen molar-refractivity contribution in [2.45, 2.75) is 0 Å². The van der Waals surface area contributed by atoms with Crippen molar-refractivity contribution in [1.29, 1.82) is 0 Å². The van der Waals surface area contributed by atoms with Gasteiger partial charge in [0.25, 0.3) is 0 Å². The van der Waals surface area contributed by atoms with Gasteiger partial charge in [-0.2, -0.15) is 0 Å². The molecule has 0 N–H and O–H groups in total. The van der Waals surface area contributed by atoms with E-state index < -0.39 is 0 Å². The van der Waals surface area contributed by atoms with Crippen molar-refractivity contribution in [3.63, 3.8) is 0 Å². The third-order valence-electron chi connectivity index (χ3n) is 10.9. The van der Waals surface area contributed by atoms with Crippen LogP contribution in [0.5, 0.6) is 0 Å². The Labute approximate surface area is 307 Å². The molecule has 0 saturated heterocycles. The van der Waals surface area contributed by atoms with E-state index in [4.69, 9.17) is 9.97 Å². The predicted molar refractivity (Wildman–Crippen MR) is 224 cm³/mol. The topological polar surface area (TPSA) is 35.1 Å². The van der Waals surface area contributed by atoms with Crippen LogP contribution in [0.4, 0.5) is 0 Å². The highest BCUT2D eigenvalue weighted by Crippen LogP contribution is 2.42. The summed E-state index contributed by atoms with van der Waals surface area (Å²) < 4.78 is 7.19. The van der Waals surface area contributed by atoms with Gasteiger partial charge >= 0.3 is 0 Å². The number of hydrogen-bond donors (Lipinski definition) is 0. The number of imidazole rings is 1. The summed E-state index contributed by atoms with van der Waals surface area (Å²) >= 11 is 1.86. The summed E-state index contributed by atoms with van der Waals surface area (Å²) in [5, 5.41) is 8.50. The second kappa shape index (κ2) is 10.8. The molecule has 0 fully saturated rings. The minimum absolute atomic E-state index is 0.829. The van der Waals surface area contributed by atoms with Crippen molar-refractivity contribution in [2.75, 3.05) is 0 Å². The third-order valence-corrected chi connectivity index (χ3v) is 12.0. The van der Waals surface area contributed by atoms with E-state index in [0.717, 1.165) is 44.6 Å². The lowest BCUT2D eigenvalue weighted by Crippen LogP contribution is -2.06. The van der Waals surface area contributed by atoms with Crippen LogP contribution in [0.2, 0.25) is 0 Å². The fourth-order valence-corrected chi connectivity index (χ4v) is 9.50. The maximum Gasteiger partial charge on any atom is 0.221 e. The molecule has 4 aromatic heterocycles. The van der Waals surface area contributed by atoms with Crippen LogP contribution in [0, 0.1) is 0 Å². The number of fused-ring (bicyclic) bond motifs is 13. The summed E-state index contributed by atoms with van der Waals surface area (Å²) in [4.78, 5) is 10.6. The molecule has 0 atom stereocenters. The molecule has 12 rings (SSSR count). The molecule has 0 saturated carbocycles. The van der Waals surface area contributed by atoms with E-state index in [1.165, 1.54) is 64.0 Å². The van der Waals surface area contributed by atoms with Crippen LogP contribution < -0.4 is 0 Å². The molecule has 0 aliphatic rings. The van der Waals surface area contributed by atoms with Gasteiger partial charge in [0.15, 0.2) is 0 Å². The molecule has 0 bridgehead atoms. The van der Waals surface area contributed by atoms with Crippen molar-refractivity contribution in [1.82, 2.24) is 18.9 Å². The molecule has 0 amide bonds. The van der Waals surface area contributed by atoms with E-state index in [-0.39, 0.29) is 0 Å². The Balaban J connectivity index is 1.14. The molecule has 4 nitrogen and oxygen atoms in total. The minimum atomic E-state index is 0.829. The Kier molecular flexibility index (Phi) is 5.90. The van der Waals surface area contributed by atoms with Crippen LogP contribution in [0.1, 0.15) is 0 Å². The maximum absolute atomic E-state index is 5.40. The molecular formula is C48H28N4S. The van der Waals surface area contributed by atoms with Crippen LogP contribution >= 0.6 is 11.3 Å². The average Bonchev–Trinajstić information content (AvgIpc) is 3.90. The van der Waals surface area contributed by atoms with Crippen molar-refractivity contribution in [2.24, 2.45) is 0 Å². The van der Waals surface area contributed by atoms with Gasteiger partial charge in [0.1, 0.15) is 5.65 Å². The van der Waals surface area contributed by atoms with Gasteiger partial charge in [-0.05, 0) is 99.8 Å². The quantitative estimate of drug-likeness (QED) is 0.185. The zero-order valence-electron chi connectivity index (χ0n) is 28.4. The number of aromatic nitrogens is 4. The van der Waals surface area contributed by atoms with E-state index in [1.54, 1.807) is 0 Å². The highest BCUT2D eigenvalue weighted by molar-refractivity contribution is 7.25. The lowest BCUT2D eigenvalue weighted by atomic mass is 9.98. The molecule has 0 aliphatic carbocycles. The molecule has 8 aromatic carbocycles. The first-order chi connectivity index (χ1) is 26.3. The lowest BCUT2D eigenvalue weighted by molar-refractivity contribution is 0.980. The molecule has 4 heterocycles. The second-order valence-corrected chi connectivity index (χ2v) is 14.9. The number of hydrogen-bond acceptors (Lipinski definition) is 3. The van der Waals surface area contributed by atoms with E-state index in [0.29, 0.717) is 0 Å². The van der Waals surface area contributed by atoms with E-state index in [9.17, 15) is 0 Å². The molecule has 5 heteroatoms. The van der Waals surface area contributed by atoms with Gasteiger partial charge in [0, 0.05) is 36.3 Å². The second-order valence-electron chi connectivity index (χ2n) is 13.8. The van der Waals surface area contributed by atoms with Gasteiger partial charge < -0.3 is 0 Å². The highest BCUT2D eigenvalue weighted by Gasteiger charge is 2.21. The summed E-state index contributed by atoms with van der Waals surface area (Å²) in [6.07, 6.45) is 0. The SMILES string of the molecule is c1ccc(-c2ccc3sc4ccc(-c5ccc6c(c5)c5c7ccccc7ccc5n6-c5nc6ccccc6c6nc7ccccc7n56)cc4c3c2)cc1. The fourth-order valence-electron chi connectivity index (χ4n) is 8.43. The third kappa shape index (κ3) is 4.17. The summed E-state index contributed by atoms with van der Waals surface area (Å²) in [7, 11) is 0. The van der Waals surface area contributed by atoms with Crippen LogP contribution in [0.15, 0.2) is 170 Å². The Hall–Kier alpha value is -6.82. The van der Waals surface area contributed by atoms with Gasteiger partial charge in [-0.1, -0.05) is 103 Å². The minimum Gasteiger partial charge on any atom is -0.279 e. The average molecular weight is 693 g/mol. The number of benzene rings is 8. The van der Waals surface area contributed by atoms with Crippen molar-refractivity contribution in [3.05, 3.63) is 170 Å².